The monoisotopic (exact) mass is 339 g/mol. The van der Waals surface area contributed by atoms with Crippen molar-refractivity contribution in [3.8, 4) is 5.75 Å². The molecule has 2 nitrogen and oxygen atoms in total. The Morgan fingerprint density at radius 3 is 2.53 bits per heavy atom. The third kappa shape index (κ3) is 5.38. The SMILES string of the molecule is CC(C)C[C@@H](CF)COc1ccc(Br)nc1C(F)F. The second-order valence-electron chi connectivity index (χ2n) is 4.78. The number of ether oxygens (including phenoxy) is 1. The second kappa shape index (κ2) is 7.72. The number of halogens is 4. The average molecular weight is 340 g/mol. The summed E-state index contributed by atoms with van der Waals surface area (Å²) in [7, 11) is 0. The van der Waals surface area contributed by atoms with Gasteiger partial charge in [-0.1, -0.05) is 13.8 Å². The molecule has 0 aromatic carbocycles. The first kappa shape index (κ1) is 16.3. The van der Waals surface area contributed by atoms with Crippen LogP contribution < -0.4 is 4.74 Å². The molecule has 1 rings (SSSR count). The van der Waals surface area contributed by atoms with E-state index in [0.29, 0.717) is 16.9 Å². The van der Waals surface area contributed by atoms with Crippen LogP contribution in [0.1, 0.15) is 32.4 Å². The van der Waals surface area contributed by atoms with Gasteiger partial charge in [-0.05, 0) is 40.4 Å². The number of nitrogens with zero attached hydrogens (tertiary/aromatic N) is 1. The Hall–Kier alpha value is -0.780. The summed E-state index contributed by atoms with van der Waals surface area (Å²) < 4.78 is 44.0. The quantitative estimate of drug-likeness (QED) is 0.666. The lowest BCUT2D eigenvalue weighted by atomic mass is 9.99. The summed E-state index contributed by atoms with van der Waals surface area (Å²) in [5.74, 6) is 0.0662. The van der Waals surface area contributed by atoms with Crippen LogP contribution in [-0.2, 0) is 0 Å². The van der Waals surface area contributed by atoms with Crippen molar-refractivity contribution in [2.24, 2.45) is 11.8 Å². The van der Waals surface area contributed by atoms with E-state index in [9.17, 15) is 13.2 Å². The zero-order chi connectivity index (χ0) is 14.4. The third-order valence-corrected chi connectivity index (χ3v) is 3.00. The van der Waals surface area contributed by atoms with Crippen LogP contribution in [-0.4, -0.2) is 18.3 Å². The van der Waals surface area contributed by atoms with E-state index in [2.05, 4.69) is 20.9 Å². The maximum atomic E-state index is 12.8. The minimum Gasteiger partial charge on any atom is -0.491 e. The van der Waals surface area contributed by atoms with E-state index >= 15 is 0 Å². The Labute approximate surface area is 119 Å². The van der Waals surface area contributed by atoms with Crippen molar-refractivity contribution in [1.29, 1.82) is 0 Å². The molecule has 108 valence electrons. The van der Waals surface area contributed by atoms with Crippen LogP contribution in [0.15, 0.2) is 16.7 Å². The summed E-state index contributed by atoms with van der Waals surface area (Å²) in [5, 5.41) is 0. The van der Waals surface area contributed by atoms with Gasteiger partial charge in [-0.3, -0.25) is 4.39 Å². The number of hydrogen-bond donors (Lipinski definition) is 0. The second-order valence-corrected chi connectivity index (χ2v) is 5.59. The molecule has 0 aliphatic heterocycles. The Bertz CT molecular complexity index is 401. The predicted molar refractivity (Wildman–Crippen MR) is 71.3 cm³/mol. The van der Waals surface area contributed by atoms with Gasteiger partial charge in [0, 0.05) is 5.92 Å². The molecule has 1 aromatic rings. The Morgan fingerprint density at radius 1 is 1.32 bits per heavy atom. The lowest BCUT2D eigenvalue weighted by Crippen LogP contribution is -2.17. The van der Waals surface area contributed by atoms with Gasteiger partial charge in [0.25, 0.3) is 6.43 Å². The van der Waals surface area contributed by atoms with E-state index < -0.39 is 18.8 Å². The topological polar surface area (TPSA) is 22.1 Å². The molecule has 6 heteroatoms. The van der Waals surface area contributed by atoms with Crippen LogP contribution >= 0.6 is 15.9 Å². The molecule has 0 unspecified atom stereocenters. The van der Waals surface area contributed by atoms with Crippen LogP contribution in [0, 0.1) is 11.8 Å². The van der Waals surface area contributed by atoms with E-state index in [1.54, 1.807) is 0 Å². The van der Waals surface area contributed by atoms with E-state index in [1.165, 1.54) is 12.1 Å². The van der Waals surface area contributed by atoms with Crippen LogP contribution in [0.3, 0.4) is 0 Å². The maximum absolute atomic E-state index is 12.8. The molecule has 1 heterocycles. The van der Waals surface area contributed by atoms with E-state index in [4.69, 9.17) is 4.74 Å². The number of aromatic nitrogens is 1. The van der Waals surface area contributed by atoms with E-state index in [-0.39, 0.29) is 18.3 Å². The highest BCUT2D eigenvalue weighted by Crippen LogP contribution is 2.29. The van der Waals surface area contributed by atoms with Crippen molar-refractivity contribution in [3.63, 3.8) is 0 Å². The largest absolute Gasteiger partial charge is 0.491 e. The molecule has 1 atom stereocenters. The van der Waals surface area contributed by atoms with Crippen molar-refractivity contribution in [2.75, 3.05) is 13.3 Å². The zero-order valence-electron chi connectivity index (χ0n) is 10.9. The average Bonchev–Trinajstić information content (AvgIpc) is 2.34. The summed E-state index contributed by atoms with van der Waals surface area (Å²) in [4.78, 5) is 3.69. The van der Waals surface area contributed by atoms with Gasteiger partial charge in [-0.2, -0.15) is 0 Å². The molecule has 0 bridgehead atoms. The van der Waals surface area contributed by atoms with E-state index in [1.807, 2.05) is 13.8 Å². The highest BCUT2D eigenvalue weighted by molar-refractivity contribution is 9.10. The fourth-order valence-electron chi connectivity index (χ4n) is 1.77. The summed E-state index contributed by atoms with van der Waals surface area (Å²) in [6.07, 6.45) is -2.06. The normalized spacial score (nSPS) is 13.1. The maximum Gasteiger partial charge on any atom is 0.284 e. The van der Waals surface area contributed by atoms with Gasteiger partial charge in [-0.25, -0.2) is 13.8 Å². The number of rotatable bonds is 7. The van der Waals surface area contributed by atoms with Crippen LogP contribution in [0.5, 0.6) is 5.75 Å². The molecule has 0 radical (unpaired) electrons. The molecule has 0 fully saturated rings. The Kier molecular flexibility index (Phi) is 6.62. The van der Waals surface area contributed by atoms with Crippen molar-refractivity contribution >= 4 is 15.9 Å². The third-order valence-electron chi connectivity index (χ3n) is 2.56. The fourth-order valence-corrected chi connectivity index (χ4v) is 2.09. The molecular weight excluding hydrogens is 323 g/mol. The summed E-state index contributed by atoms with van der Waals surface area (Å²) in [6.45, 7) is 3.52. The fraction of sp³-hybridized carbons (Fsp3) is 0.615. The van der Waals surface area contributed by atoms with Crippen molar-refractivity contribution in [2.45, 2.75) is 26.7 Å². The molecule has 0 aliphatic carbocycles. The Morgan fingerprint density at radius 2 is 2.00 bits per heavy atom. The van der Waals surface area contributed by atoms with Crippen molar-refractivity contribution in [3.05, 3.63) is 22.4 Å². The highest BCUT2D eigenvalue weighted by atomic mass is 79.9. The van der Waals surface area contributed by atoms with Crippen LogP contribution in [0.4, 0.5) is 13.2 Å². The smallest absolute Gasteiger partial charge is 0.284 e. The summed E-state index contributed by atoms with van der Waals surface area (Å²) in [5.41, 5.74) is -0.420. The minimum atomic E-state index is -2.72. The molecular formula is C13H17BrF3NO. The standard InChI is InChI=1S/C13H17BrF3NO/c1-8(2)5-9(6-15)7-19-10-3-4-11(14)18-12(10)13(16)17/h3-4,8-9,13H,5-7H2,1-2H3/t9-/m0/s1. The molecule has 0 N–H and O–H groups in total. The zero-order valence-corrected chi connectivity index (χ0v) is 12.5. The van der Waals surface area contributed by atoms with E-state index in [0.717, 1.165) is 0 Å². The van der Waals surface area contributed by atoms with Gasteiger partial charge in [0.05, 0.1) is 13.3 Å². The lowest BCUT2D eigenvalue weighted by Gasteiger charge is -2.17. The molecule has 0 spiro atoms. The van der Waals surface area contributed by atoms with Gasteiger partial charge in [0.1, 0.15) is 16.0 Å². The number of pyridine rings is 1. The van der Waals surface area contributed by atoms with Crippen LogP contribution in [0.25, 0.3) is 0 Å². The van der Waals surface area contributed by atoms with Crippen molar-refractivity contribution < 1.29 is 17.9 Å². The van der Waals surface area contributed by atoms with Gasteiger partial charge >= 0.3 is 0 Å². The summed E-state index contributed by atoms with van der Waals surface area (Å²) in [6, 6.07) is 2.94. The molecule has 1 aromatic heterocycles. The minimum absolute atomic E-state index is 0.0143. The Balaban J connectivity index is 2.71. The predicted octanol–water partition coefficient (Wildman–Crippen LogP) is 4.79. The van der Waals surface area contributed by atoms with Gasteiger partial charge < -0.3 is 4.74 Å². The molecule has 0 saturated carbocycles. The van der Waals surface area contributed by atoms with Crippen LogP contribution in [0.2, 0.25) is 0 Å². The van der Waals surface area contributed by atoms with Gasteiger partial charge in [0.15, 0.2) is 0 Å². The van der Waals surface area contributed by atoms with Crippen molar-refractivity contribution in [1.82, 2.24) is 4.98 Å². The molecule has 0 aliphatic rings. The number of hydrogen-bond acceptors (Lipinski definition) is 2. The molecule has 19 heavy (non-hydrogen) atoms. The highest BCUT2D eigenvalue weighted by Gasteiger charge is 2.18. The van der Waals surface area contributed by atoms with Gasteiger partial charge in [0.2, 0.25) is 0 Å². The lowest BCUT2D eigenvalue weighted by molar-refractivity contribution is 0.133. The number of alkyl halides is 3. The molecule has 0 saturated heterocycles. The first-order valence-corrected chi connectivity index (χ1v) is 6.86. The molecule has 0 amide bonds. The van der Waals surface area contributed by atoms with Gasteiger partial charge in [-0.15, -0.1) is 0 Å². The first-order valence-electron chi connectivity index (χ1n) is 6.07. The first-order chi connectivity index (χ1) is 8.93. The summed E-state index contributed by atoms with van der Waals surface area (Å²) >= 11 is 3.03.